The predicted molar refractivity (Wildman–Crippen MR) is 154 cm³/mol. The third-order valence-corrected chi connectivity index (χ3v) is 5.89. The van der Waals surface area contributed by atoms with Crippen LogP contribution < -0.4 is 49.5 Å². The minimum atomic E-state index is -1.67. The third kappa shape index (κ3) is 15.0. The van der Waals surface area contributed by atoms with Gasteiger partial charge in [-0.25, -0.2) is 9.78 Å². The number of aliphatic carboxylic acids is 1. The number of guanidine groups is 1. The highest BCUT2D eigenvalue weighted by Gasteiger charge is 2.32. The van der Waals surface area contributed by atoms with Crippen molar-refractivity contribution in [3.05, 3.63) is 18.2 Å². The minimum Gasteiger partial charge on any atom is -0.481 e. The van der Waals surface area contributed by atoms with Crippen LogP contribution in [-0.4, -0.2) is 99.8 Å². The van der Waals surface area contributed by atoms with E-state index in [0.29, 0.717) is 5.69 Å². The Morgan fingerprint density at radius 3 is 2.00 bits per heavy atom. The molecule has 1 aromatic rings. The number of nitrogens with one attached hydrogen (secondary N) is 6. The van der Waals surface area contributed by atoms with Gasteiger partial charge in [0.2, 0.25) is 29.5 Å². The molecule has 0 aliphatic rings. The van der Waals surface area contributed by atoms with E-state index in [1.165, 1.54) is 19.4 Å². The molecular weight excluding hydrogens is 584 g/mol. The van der Waals surface area contributed by atoms with Crippen LogP contribution in [0.25, 0.3) is 0 Å². The zero-order valence-corrected chi connectivity index (χ0v) is 24.1. The van der Waals surface area contributed by atoms with Gasteiger partial charge in [-0.3, -0.25) is 33.8 Å². The SMILES string of the molecule is CC(=O)NC(CCCN=C(N)N)C(=O)NC(CC(=O)O)C(=O)NC(Cc1cnc[nH]1)C(=O)NC(CCCNC(N)=O)C(N)=O. The fourth-order valence-electron chi connectivity index (χ4n) is 3.85. The van der Waals surface area contributed by atoms with Crippen molar-refractivity contribution in [1.29, 1.82) is 0 Å². The maximum absolute atomic E-state index is 13.3. The van der Waals surface area contributed by atoms with Crippen molar-refractivity contribution in [2.45, 2.75) is 69.6 Å². The number of carbonyl (C=O) groups is 7. The van der Waals surface area contributed by atoms with Gasteiger partial charge in [0.05, 0.1) is 12.7 Å². The van der Waals surface area contributed by atoms with Gasteiger partial charge >= 0.3 is 12.0 Å². The Morgan fingerprint density at radius 1 is 0.864 bits per heavy atom. The van der Waals surface area contributed by atoms with Gasteiger partial charge in [0, 0.05) is 38.3 Å². The lowest BCUT2D eigenvalue weighted by Crippen LogP contribution is -2.58. The maximum Gasteiger partial charge on any atom is 0.312 e. The molecule has 0 saturated carbocycles. The first kappa shape index (κ1) is 36.6. The van der Waals surface area contributed by atoms with Crippen LogP contribution in [-0.2, 0) is 35.2 Å². The Labute approximate surface area is 251 Å². The van der Waals surface area contributed by atoms with E-state index in [4.69, 9.17) is 22.9 Å². The first-order chi connectivity index (χ1) is 20.7. The zero-order valence-electron chi connectivity index (χ0n) is 24.1. The number of rotatable bonds is 20. The summed E-state index contributed by atoms with van der Waals surface area (Å²) < 4.78 is 0. The molecule has 20 nitrogen and oxygen atoms in total. The number of imidazole rings is 1. The fraction of sp³-hybridized carbons (Fsp3) is 0.542. The molecule has 0 fully saturated rings. The van der Waals surface area contributed by atoms with Crippen molar-refractivity contribution in [2.24, 2.45) is 27.9 Å². The summed E-state index contributed by atoms with van der Waals surface area (Å²) >= 11 is 0. The third-order valence-electron chi connectivity index (χ3n) is 5.89. The Bertz CT molecular complexity index is 1190. The molecule has 0 saturated heterocycles. The average molecular weight is 625 g/mol. The first-order valence-corrected chi connectivity index (χ1v) is 13.4. The number of nitrogens with zero attached hydrogens (tertiary/aromatic N) is 2. The average Bonchev–Trinajstić information content (AvgIpc) is 3.43. The van der Waals surface area contributed by atoms with E-state index >= 15 is 0 Å². The number of aliphatic imine (C=N–C) groups is 1. The van der Waals surface area contributed by atoms with E-state index < -0.39 is 72.1 Å². The summed E-state index contributed by atoms with van der Waals surface area (Å²) in [4.78, 5) is 96.0. The van der Waals surface area contributed by atoms with Crippen molar-refractivity contribution < 1.29 is 38.7 Å². The summed E-state index contributed by atoms with van der Waals surface area (Å²) in [5, 5.41) is 21.3. The van der Waals surface area contributed by atoms with Crippen LogP contribution >= 0.6 is 0 Å². The Kier molecular flexibility index (Phi) is 15.7. The smallest absolute Gasteiger partial charge is 0.312 e. The van der Waals surface area contributed by atoms with Crippen LogP contribution in [0, 0.1) is 0 Å². The van der Waals surface area contributed by atoms with Crippen LogP contribution in [0.4, 0.5) is 4.79 Å². The van der Waals surface area contributed by atoms with Crippen LogP contribution in [0.5, 0.6) is 0 Å². The lowest BCUT2D eigenvalue weighted by molar-refractivity contribution is -0.141. The number of amides is 7. The number of hydrogen-bond donors (Lipinski definition) is 11. The first-order valence-electron chi connectivity index (χ1n) is 13.4. The summed E-state index contributed by atoms with van der Waals surface area (Å²) in [6.07, 6.45) is 2.24. The van der Waals surface area contributed by atoms with E-state index in [2.05, 4.69) is 41.5 Å². The standard InChI is InChI=1S/C24H40N12O8/c1-12(37)33-15(5-3-6-30-23(26)27)20(41)36-17(9-18(38)39)22(43)35-16(8-13-10-29-11-32-13)21(42)34-14(19(25)40)4-2-7-31-24(28)44/h10-11,14-17H,2-9H2,1H3,(H2,25,40)(H,29,32)(H,33,37)(H,34,42)(H,35,43)(H,36,41)(H,38,39)(H4,26,27,30)(H3,28,31,44). The molecule has 244 valence electrons. The summed E-state index contributed by atoms with van der Waals surface area (Å²) in [7, 11) is 0. The molecule has 1 heterocycles. The largest absolute Gasteiger partial charge is 0.481 e. The molecule has 4 atom stereocenters. The summed E-state index contributed by atoms with van der Waals surface area (Å²) in [6.45, 7) is 1.42. The predicted octanol–water partition coefficient (Wildman–Crippen LogP) is -4.63. The molecule has 20 heteroatoms. The van der Waals surface area contributed by atoms with Gasteiger partial charge in [-0.05, 0) is 25.7 Å². The molecule has 1 rings (SSSR count). The number of carboxylic acids is 1. The van der Waals surface area contributed by atoms with E-state index in [1.807, 2.05) is 0 Å². The normalized spacial score (nSPS) is 13.2. The molecule has 15 N–H and O–H groups in total. The van der Waals surface area contributed by atoms with Gasteiger partial charge in [0.25, 0.3) is 0 Å². The summed E-state index contributed by atoms with van der Waals surface area (Å²) in [5.41, 5.74) is 21.4. The molecule has 44 heavy (non-hydrogen) atoms. The lowest BCUT2D eigenvalue weighted by atomic mass is 10.1. The van der Waals surface area contributed by atoms with Crippen molar-refractivity contribution >= 4 is 47.5 Å². The molecule has 4 unspecified atom stereocenters. The van der Waals surface area contributed by atoms with Gasteiger partial charge in [-0.2, -0.15) is 0 Å². The van der Waals surface area contributed by atoms with E-state index in [0.717, 1.165) is 0 Å². The second kappa shape index (κ2) is 18.9. The molecule has 0 aromatic carbocycles. The van der Waals surface area contributed by atoms with Crippen LogP contribution in [0.1, 0.15) is 44.7 Å². The Morgan fingerprint density at radius 2 is 1.45 bits per heavy atom. The molecular formula is C24H40N12O8. The quantitative estimate of drug-likeness (QED) is 0.0372. The number of nitrogens with two attached hydrogens (primary N) is 4. The highest BCUT2D eigenvalue weighted by molar-refractivity contribution is 5.96. The second-order valence-corrected chi connectivity index (χ2v) is 9.60. The van der Waals surface area contributed by atoms with Crippen molar-refractivity contribution in [2.75, 3.05) is 13.1 Å². The van der Waals surface area contributed by atoms with Gasteiger partial charge in [0.15, 0.2) is 5.96 Å². The number of urea groups is 1. The molecule has 7 amide bonds. The molecule has 0 bridgehead atoms. The van der Waals surface area contributed by atoms with Gasteiger partial charge in [0.1, 0.15) is 24.2 Å². The second-order valence-electron chi connectivity index (χ2n) is 9.60. The Balaban J connectivity index is 3.10. The highest BCUT2D eigenvalue weighted by Crippen LogP contribution is 2.06. The number of carbonyl (C=O) groups excluding carboxylic acids is 6. The number of primary amides is 2. The number of hydrogen-bond acceptors (Lipinski definition) is 9. The van der Waals surface area contributed by atoms with Crippen molar-refractivity contribution in [3.8, 4) is 0 Å². The molecule has 0 aliphatic carbocycles. The maximum atomic E-state index is 13.3. The van der Waals surface area contributed by atoms with Crippen LogP contribution in [0.3, 0.4) is 0 Å². The summed E-state index contributed by atoms with van der Waals surface area (Å²) in [5.74, 6) is -5.80. The van der Waals surface area contributed by atoms with E-state index in [9.17, 15) is 38.7 Å². The van der Waals surface area contributed by atoms with Crippen molar-refractivity contribution in [1.82, 2.24) is 36.6 Å². The molecule has 1 aromatic heterocycles. The van der Waals surface area contributed by atoms with Gasteiger partial charge < -0.3 is 59.6 Å². The van der Waals surface area contributed by atoms with Crippen molar-refractivity contribution in [3.63, 3.8) is 0 Å². The lowest BCUT2D eigenvalue weighted by Gasteiger charge is -2.25. The fourth-order valence-corrected chi connectivity index (χ4v) is 3.85. The Hall–Kier alpha value is -5.43. The van der Waals surface area contributed by atoms with Gasteiger partial charge in [-0.1, -0.05) is 0 Å². The number of aromatic nitrogens is 2. The summed E-state index contributed by atoms with van der Waals surface area (Å²) in [6, 6.07) is -6.17. The monoisotopic (exact) mass is 624 g/mol. The highest BCUT2D eigenvalue weighted by atomic mass is 16.4. The van der Waals surface area contributed by atoms with E-state index in [-0.39, 0.29) is 51.2 Å². The van der Waals surface area contributed by atoms with Crippen LogP contribution in [0.2, 0.25) is 0 Å². The van der Waals surface area contributed by atoms with Gasteiger partial charge in [-0.15, -0.1) is 0 Å². The minimum absolute atomic E-state index is 0.0253. The van der Waals surface area contributed by atoms with E-state index in [1.54, 1.807) is 0 Å². The van der Waals surface area contributed by atoms with Crippen LogP contribution in [0.15, 0.2) is 17.5 Å². The topological polar surface area (TPSA) is 345 Å². The molecule has 0 spiro atoms. The zero-order chi connectivity index (χ0) is 33.2. The molecule has 0 aliphatic heterocycles. The number of aromatic amines is 1. The molecule has 0 radical (unpaired) electrons. The number of H-pyrrole nitrogens is 1. The number of carboxylic acid groups (broad SMARTS) is 1.